The van der Waals surface area contributed by atoms with Crippen LogP contribution in [0.2, 0.25) is 0 Å². The van der Waals surface area contributed by atoms with E-state index >= 15 is 0 Å². The molecule has 1 saturated heterocycles. The fourth-order valence-electron chi connectivity index (χ4n) is 8.54. The lowest BCUT2D eigenvalue weighted by atomic mass is 9.52. The first-order chi connectivity index (χ1) is 21.8. The van der Waals surface area contributed by atoms with Crippen LogP contribution in [0.3, 0.4) is 0 Å². The standard InChI is InChI=1S/C39H61NO5/c1-5-7-8-9-10-11-12-13-14-15-16-17-18-19-26-43-37(41)44-32-23-22-31-27-33-38(4,42)39(24-25-40(33)28-30-20-21-30)34(31)35(32)45-36(39)29(3)6-2/h22-23,30,33,36,42H,3,5-21,24-28H2,1-2,4H3/t33?,36-,38+,39-/m0/s1. The molecule has 1 aromatic rings. The fraction of sp³-hybridized carbons (Fsp3) is 0.769. The third kappa shape index (κ3) is 7.59. The Morgan fingerprint density at radius 1 is 0.978 bits per heavy atom. The summed E-state index contributed by atoms with van der Waals surface area (Å²) in [5.74, 6) is 1.74. The van der Waals surface area contributed by atoms with E-state index in [0.717, 1.165) is 62.2 Å². The number of carbonyl (C=O) groups excluding carboxylic acids is 1. The van der Waals surface area contributed by atoms with Crippen LogP contribution in [-0.2, 0) is 16.6 Å². The van der Waals surface area contributed by atoms with E-state index in [1.807, 2.05) is 13.0 Å². The van der Waals surface area contributed by atoms with Gasteiger partial charge in [0.05, 0.1) is 17.6 Å². The molecule has 1 unspecified atom stereocenters. The van der Waals surface area contributed by atoms with Gasteiger partial charge in [0.2, 0.25) is 0 Å². The maximum atomic E-state index is 12.8. The van der Waals surface area contributed by atoms with E-state index in [1.165, 1.54) is 95.5 Å². The van der Waals surface area contributed by atoms with Crippen molar-refractivity contribution in [3.63, 3.8) is 0 Å². The third-order valence-corrected chi connectivity index (χ3v) is 11.5. The summed E-state index contributed by atoms with van der Waals surface area (Å²) in [7, 11) is 0. The molecule has 0 aromatic heterocycles. The van der Waals surface area contributed by atoms with Crippen molar-refractivity contribution in [3.05, 3.63) is 35.4 Å². The van der Waals surface area contributed by atoms with E-state index < -0.39 is 17.2 Å². The lowest BCUT2D eigenvalue weighted by molar-refractivity contribution is -0.149. The molecule has 1 aromatic carbocycles. The number of hydrogen-bond donors (Lipinski definition) is 1. The molecular weight excluding hydrogens is 562 g/mol. The Labute approximate surface area is 273 Å². The molecule has 1 spiro atoms. The van der Waals surface area contributed by atoms with Crippen molar-refractivity contribution in [3.8, 4) is 11.5 Å². The number of piperidine rings is 1. The number of ether oxygens (including phenoxy) is 3. The summed E-state index contributed by atoms with van der Waals surface area (Å²) in [5, 5.41) is 12.4. The largest absolute Gasteiger partial charge is 0.513 e. The predicted octanol–water partition coefficient (Wildman–Crippen LogP) is 9.44. The summed E-state index contributed by atoms with van der Waals surface area (Å²) in [6.07, 6.45) is 21.9. The molecule has 5 rings (SSSR count). The summed E-state index contributed by atoms with van der Waals surface area (Å²) in [6.45, 7) is 13.1. The zero-order chi connectivity index (χ0) is 31.9. The van der Waals surface area contributed by atoms with Crippen LogP contribution in [0.15, 0.2) is 24.3 Å². The van der Waals surface area contributed by atoms with Crippen molar-refractivity contribution >= 4 is 6.16 Å². The molecule has 2 bridgehead atoms. The van der Waals surface area contributed by atoms with Crippen LogP contribution in [0.5, 0.6) is 11.5 Å². The molecule has 6 heteroatoms. The van der Waals surface area contributed by atoms with Crippen molar-refractivity contribution < 1.29 is 24.1 Å². The molecule has 4 aliphatic rings. The van der Waals surface area contributed by atoms with Gasteiger partial charge >= 0.3 is 6.16 Å². The molecule has 0 amide bonds. The number of benzene rings is 1. The van der Waals surface area contributed by atoms with Crippen molar-refractivity contribution in [1.29, 1.82) is 0 Å². The SMILES string of the molecule is C=C(CC)[C@@H]1Oc2c(OC(=O)OCCCCCCCCCCCCCCCC)ccc3c2[C@@]12CCN(CC1CC1)C(C3)[C@@]2(C)O. The molecule has 1 N–H and O–H groups in total. The highest BCUT2D eigenvalue weighted by Crippen LogP contribution is 2.63. The number of rotatable bonds is 20. The van der Waals surface area contributed by atoms with Crippen molar-refractivity contribution in [2.24, 2.45) is 5.92 Å². The van der Waals surface area contributed by atoms with Gasteiger partial charge in [0.1, 0.15) is 6.10 Å². The molecule has 4 atom stereocenters. The van der Waals surface area contributed by atoms with E-state index in [-0.39, 0.29) is 12.1 Å². The van der Waals surface area contributed by atoms with Crippen LogP contribution in [0, 0.1) is 5.92 Å². The van der Waals surface area contributed by atoms with Gasteiger partial charge in [-0.1, -0.05) is 110 Å². The van der Waals surface area contributed by atoms with Gasteiger partial charge in [0, 0.05) is 18.2 Å². The molecule has 252 valence electrons. The molecule has 2 fully saturated rings. The Kier molecular flexibility index (Phi) is 12.0. The Hall–Kier alpha value is -2.05. The number of hydrogen-bond acceptors (Lipinski definition) is 6. The van der Waals surface area contributed by atoms with Crippen molar-refractivity contribution in [1.82, 2.24) is 4.90 Å². The van der Waals surface area contributed by atoms with Gasteiger partial charge in [-0.15, -0.1) is 0 Å². The average Bonchev–Trinajstić information content (AvgIpc) is 3.77. The van der Waals surface area contributed by atoms with Crippen molar-refractivity contribution in [2.45, 2.75) is 166 Å². The van der Waals surface area contributed by atoms with E-state index in [0.29, 0.717) is 18.1 Å². The highest BCUT2D eigenvalue weighted by atomic mass is 16.7. The highest BCUT2D eigenvalue weighted by molar-refractivity contribution is 5.69. The summed E-state index contributed by atoms with van der Waals surface area (Å²) < 4.78 is 18.0. The maximum Gasteiger partial charge on any atom is 0.513 e. The smallest absolute Gasteiger partial charge is 0.481 e. The van der Waals surface area contributed by atoms with Gasteiger partial charge in [-0.05, 0) is 75.1 Å². The van der Waals surface area contributed by atoms with E-state index in [4.69, 9.17) is 14.2 Å². The minimum atomic E-state index is -0.992. The summed E-state index contributed by atoms with van der Waals surface area (Å²) in [4.78, 5) is 15.3. The first-order valence-corrected chi connectivity index (χ1v) is 18.6. The van der Waals surface area contributed by atoms with Gasteiger partial charge < -0.3 is 19.3 Å². The van der Waals surface area contributed by atoms with Crippen LogP contribution in [0.25, 0.3) is 0 Å². The summed E-state index contributed by atoms with van der Waals surface area (Å²) in [6, 6.07) is 3.96. The second-order valence-electron chi connectivity index (χ2n) is 14.8. The van der Waals surface area contributed by atoms with E-state index in [9.17, 15) is 9.90 Å². The zero-order valence-electron chi connectivity index (χ0n) is 28.7. The predicted molar refractivity (Wildman–Crippen MR) is 181 cm³/mol. The molecule has 1 saturated carbocycles. The third-order valence-electron chi connectivity index (χ3n) is 11.5. The van der Waals surface area contributed by atoms with E-state index in [2.05, 4.69) is 31.4 Å². The van der Waals surface area contributed by atoms with Crippen LogP contribution < -0.4 is 9.47 Å². The summed E-state index contributed by atoms with van der Waals surface area (Å²) in [5.41, 5.74) is 1.59. The lowest BCUT2D eigenvalue weighted by Crippen LogP contribution is -2.73. The van der Waals surface area contributed by atoms with Gasteiger partial charge in [-0.2, -0.15) is 0 Å². The molecular formula is C39H61NO5. The van der Waals surface area contributed by atoms with Crippen LogP contribution >= 0.6 is 0 Å². The molecule has 2 aliphatic heterocycles. The lowest BCUT2D eigenvalue weighted by Gasteiger charge is -2.60. The Morgan fingerprint density at radius 2 is 1.60 bits per heavy atom. The number of fused-ring (bicyclic) bond motifs is 1. The van der Waals surface area contributed by atoms with Gasteiger partial charge in [0.25, 0.3) is 0 Å². The maximum absolute atomic E-state index is 12.8. The molecule has 0 radical (unpaired) electrons. The van der Waals surface area contributed by atoms with Gasteiger partial charge in [0.15, 0.2) is 11.5 Å². The minimum absolute atomic E-state index is 0.0305. The molecule has 6 nitrogen and oxygen atoms in total. The number of aliphatic hydroxyl groups is 1. The first kappa shape index (κ1) is 34.3. The fourth-order valence-corrected chi connectivity index (χ4v) is 8.54. The number of nitrogens with zero attached hydrogens (tertiary/aromatic N) is 1. The summed E-state index contributed by atoms with van der Waals surface area (Å²) >= 11 is 0. The Balaban J connectivity index is 1.09. The number of unbranched alkanes of at least 4 members (excludes halogenated alkanes) is 13. The molecule has 45 heavy (non-hydrogen) atoms. The zero-order valence-corrected chi connectivity index (χ0v) is 28.7. The minimum Gasteiger partial charge on any atom is -0.481 e. The topological polar surface area (TPSA) is 68.2 Å². The normalized spacial score (nSPS) is 26.8. The van der Waals surface area contributed by atoms with Crippen LogP contribution in [0.4, 0.5) is 4.79 Å². The molecule has 2 aliphatic carbocycles. The van der Waals surface area contributed by atoms with Crippen molar-refractivity contribution in [2.75, 3.05) is 19.7 Å². The van der Waals surface area contributed by atoms with E-state index in [1.54, 1.807) is 0 Å². The quantitative estimate of drug-likeness (QED) is 0.0675. The highest BCUT2D eigenvalue weighted by Gasteiger charge is 2.68. The second kappa shape index (κ2) is 15.7. The Morgan fingerprint density at radius 3 is 2.20 bits per heavy atom. The first-order valence-electron chi connectivity index (χ1n) is 18.6. The van der Waals surface area contributed by atoms with Gasteiger partial charge in [-0.3, -0.25) is 4.90 Å². The number of carbonyl (C=O) groups is 1. The monoisotopic (exact) mass is 623 g/mol. The van der Waals surface area contributed by atoms with Gasteiger partial charge in [-0.25, -0.2) is 4.79 Å². The molecule has 2 heterocycles. The average molecular weight is 624 g/mol. The van der Waals surface area contributed by atoms with Crippen LogP contribution in [-0.4, -0.2) is 53.6 Å². The number of likely N-dealkylation sites (tertiary alicyclic amines) is 1. The van der Waals surface area contributed by atoms with Crippen LogP contribution in [0.1, 0.15) is 147 Å². The Bertz CT molecular complexity index is 1140. The second-order valence-corrected chi connectivity index (χ2v) is 14.8.